The zero-order valence-corrected chi connectivity index (χ0v) is 16.4. The third-order valence-corrected chi connectivity index (χ3v) is 4.82. The van der Waals surface area contributed by atoms with E-state index < -0.39 is 107 Å². The number of nitrogens with two attached hydrogens (primary N) is 1. The molecule has 1 saturated heterocycles. The summed E-state index contributed by atoms with van der Waals surface area (Å²) in [5.74, 6) is -13.7. The zero-order chi connectivity index (χ0) is 41.1. The normalized spacial score (nSPS) is 45.4. The van der Waals surface area contributed by atoms with E-state index in [1.165, 1.54) is 14.2 Å². The number of rotatable bonds is 7. The van der Waals surface area contributed by atoms with Crippen LogP contribution in [0.3, 0.4) is 0 Å². The van der Waals surface area contributed by atoms with E-state index in [0.717, 1.165) is 12.1 Å². The minimum atomic E-state index is -4.20. The number of benzene rings is 1. The fourth-order valence-electron chi connectivity index (χ4n) is 3.37. The van der Waals surface area contributed by atoms with Crippen LogP contribution in [0, 0.1) is 17.7 Å². The Morgan fingerprint density at radius 3 is 2.77 bits per heavy atom. The molecule has 2 aliphatic rings. The highest BCUT2D eigenvalue weighted by atomic mass is 16.5. The number of piperidine rings is 1. The number of ether oxygens (including phenoxy) is 3. The maximum absolute atomic E-state index is 13.8. The van der Waals surface area contributed by atoms with Crippen LogP contribution >= 0.6 is 0 Å². The van der Waals surface area contributed by atoms with Gasteiger partial charge >= 0.3 is 5.97 Å². The molecule has 1 aromatic rings. The summed E-state index contributed by atoms with van der Waals surface area (Å²) in [6.07, 6.45) is -11.8. The molecule has 3 rings (SSSR count). The predicted molar refractivity (Wildman–Crippen MR) is 118 cm³/mol. The van der Waals surface area contributed by atoms with Crippen LogP contribution in [0.15, 0.2) is 12.1 Å². The Balaban J connectivity index is 2.45. The first-order chi connectivity index (χ1) is 22.8. The SMILES string of the molecule is [2H]C1(OC(=O)[C@@]([2H])(N)C([2H])(C([2H])([2H])[2H])C([2H])([2H])[2H])CC2c3cc(OC)c(OC)cc3C([2H])([2H])C([2H])([2H])N2CC1C([2H])([2H])C([2H])(C([2H])([2H])[2H])C([2H])([2H])[2H]. The largest absolute Gasteiger partial charge is 0.493 e. The first kappa shape index (κ1) is 7.66. The maximum atomic E-state index is 13.8. The van der Waals surface area contributed by atoms with E-state index >= 15 is 0 Å². The molecule has 168 valence electrons. The van der Waals surface area contributed by atoms with E-state index in [1.54, 1.807) is 0 Å². The van der Waals surface area contributed by atoms with E-state index in [2.05, 4.69) is 0 Å². The minimum Gasteiger partial charge on any atom is -0.493 e. The molecule has 30 heavy (non-hydrogen) atoms. The lowest BCUT2D eigenvalue weighted by Crippen LogP contribution is -2.51. The molecule has 3 unspecified atom stereocenters. The first-order valence-electron chi connectivity index (χ1n) is 19.9. The van der Waals surface area contributed by atoms with Gasteiger partial charge in [0.25, 0.3) is 0 Å². The van der Waals surface area contributed by atoms with E-state index in [-0.39, 0.29) is 17.1 Å². The third-order valence-electron chi connectivity index (χ3n) is 4.82. The van der Waals surface area contributed by atoms with Crippen molar-refractivity contribution in [3.05, 3.63) is 23.3 Å². The van der Waals surface area contributed by atoms with Gasteiger partial charge in [0.2, 0.25) is 0 Å². The number of hydrogen-bond acceptors (Lipinski definition) is 6. The van der Waals surface area contributed by atoms with E-state index in [9.17, 15) is 6.17 Å². The summed E-state index contributed by atoms with van der Waals surface area (Å²) in [7, 11) is 2.38. The molecule has 0 amide bonds. The fraction of sp³-hybridized carbons (Fsp3) is 0.708. The molecule has 2 N–H and O–H groups in total. The summed E-state index contributed by atoms with van der Waals surface area (Å²) < 4.78 is 197. The monoisotopic (exact) mass is 440 g/mol. The predicted octanol–water partition coefficient (Wildman–Crippen LogP) is 3.56. The zero-order valence-electron chi connectivity index (χ0n) is 38.4. The molecule has 0 radical (unpaired) electrons. The molecule has 2 heterocycles. The van der Waals surface area contributed by atoms with Crippen molar-refractivity contribution < 1.29 is 49.2 Å². The maximum Gasteiger partial charge on any atom is 0.323 e. The van der Waals surface area contributed by atoms with Gasteiger partial charge in [0.1, 0.15) is 12.1 Å². The number of aryl methyl sites for hydroxylation is 1. The Morgan fingerprint density at radius 1 is 1.37 bits per heavy atom. The third kappa shape index (κ3) is 4.75. The van der Waals surface area contributed by atoms with E-state index in [4.69, 9.17) is 48.7 Å². The van der Waals surface area contributed by atoms with Gasteiger partial charge in [-0.2, -0.15) is 0 Å². The highest BCUT2D eigenvalue weighted by Gasteiger charge is 2.41. The van der Waals surface area contributed by atoms with E-state index in [1.807, 2.05) is 0 Å². The summed E-state index contributed by atoms with van der Waals surface area (Å²) in [6, 6.07) is -3.58. The van der Waals surface area contributed by atoms with Crippen LogP contribution in [0.25, 0.3) is 0 Å². The second-order valence-electron chi connectivity index (χ2n) is 6.62. The van der Waals surface area contributed by atoms with Crippen molar-refractivity contribution in [2.24, 2.45) is 23.4 Å². The molecule has 6 nitrogen and oxygen atoms in total. The molecular formula is C24H38N2O4. The van der Waals surface area contributed by atoms with Gasteiger partial charge < -0.3 is 19.9 Å². The molecule has 0 saturated carbocycles. The van der Waals surface area contributed by atoms with Crippen molar-refractivity contribution >= 4 is 5.97 Å². The van der Waals surface area contributed by atoms with Crippen LogP contribution in [-0.2, 0) is 15.9 Å². The Morgan fingerprint density at radius 2 is 2.10 bits per heavy atom. The molecule has 1 aromatic carbocycles. The van der Waals surface area contributed by atoms with Crippen LogP contribution in [0.1, 0.15) is 87.5 Å². The molecule has 0 aliphatic carbocycles. The van der Waals surface area contributed by atoms with Gasteiger partial charge in [0.05, 0.1) is 17.0 Å². The van der Waals surface area contributed by atoms with Gasteiger partial charge in [-0.3, -0.25) is 9.69 Å². The van der Waals surface area contributed by atoms with Crippen molar-refractivity contribution in [1.29, 1.82) is 0 Å². The van der Waals surface area contributed by atoms with Crippen molar-refractivity contribution in [3.63, 3.8) is 0 Å². The van der Waals surface area contributed by atoms with Crippen LogP contribution in [0.4, 0.5) is 0 Å². The molecular weight excluding hydrogens is 380 g/mol. The number of nitrogens with zero attached hydrogens (tertiary/aromatic N) is 1. The second kappa shape index (κ2) is 9.56. The summed E-state index contributed by atoms with van der Waals surface area (Å²) in [6.45, 7) is -20.8. The molecule has 0 spiro atoms. The van der Waals surface area contributed by atoms with Crippen molar-refractivity contribution in [1.82, 2.24) is 4.90 Å². The quantitative estimate of drug-likeness (QED) is 0.654. The molecule has 0 aromatic heterocycles. The standard InChI is InChI=1S/C24H38N2O4/c1-14(2)9-17-13-26-8-7-16-10-21(28-5)22(29-6)11-18(16)19(26)12-20(17)30-24(27)23(25)15(3)4/h10-11,14-15,17,19-20,23H,7-9,12-13,25H2,1-6H3/t17?,19?,20?,23-/m0/s1/i1D3,2D3,3D3,4D3,7D2,8D2,9D2,14D,15D,20D,23D. The molecule has 2 aliphatic heterocycles. The number of fused-ring (bicyclic) bond motifs is 3. The molecule has 6 heteroatoms. The molecule has 1 fully saturated rings. The second-order valence-corrected chi connectivity index (χ2v) is 6.62. The van der Waals surface area contributed by atoms with Gasteiger partial charge in [0, 0.05) is 58.8 Å². The van der Waals surface area contributed by atoms with Crippen molar-refractivity contribution in [3.8, 4) is 11.5 Å². The van der Waals surface area contributed by atoms with Gasteiger partial charge in [-0.25, -0.2) is 0 Å². The van der Waals surface area contributed by atoms with Crippen LogP contribution in [-0.4, -0.2) is 50.2 Å². The van der Waals surface area contributed by atoms with Crippen LogP contribution in [0.5, 0.6) is 11.5 Å². The average Bonchev–Trinajstić information content (AvgIpc) is 2.95. The van der Waals surface area contributed by atoms with Gasteiger partial charge in [-0.15, -0.1) is 0 Å². The number of carbonyl (C=O) groups excluding carboxylic acids is 1. The molecule has 0 bridgehead atoms. The minimum absolute atomic E-state index is 0.0686. The summed E-state index contributed by atoms with van der Waals surface area (Å²) in [5.41, 5.74) is 5.07. The highest BCUT2D eigenvalue weighted by molar-refractivity contribution is 5.76. The smallest absolute Gasteiger partial charge is 0.323 e. The summed E-state index contributed by atoms with van der Waals surface area (Å²) in [5, 5.41) is 0. The van der Waals surface area contributed by atoms with Gasteiger partial charge in [0.15, 0.2) is 11.5 Å². The number of esters is 1. The molecule has 4 atom stereocenters. The van der Waals surface area contributed by atoms with E-state index in [0.29, 0.717) is 4.90 Å². The highest BCUT2D eigenvalue weighted by Crippen LogP contribution is 2.44. The van der Waals surface area contributed by atoms with Crippen LogP contribution < -0.4 is 15.2 Å². The van der Waals surface area contributed by atoms with Crippen molar-refractivity contribution in [2.75, 3.05) is 27.3 Å². The number of hydrogen-bond donors (Lipinski definition) is 1. The number of carbonyl (C=O) groups is 1. The Hall–Kier alpha value is -1.79. The van der Waals surface area contributed by atoms with Crippen molar-refractivity contribution in [2.45, 2.75) is 64.7 Å². The lowest BCUT2D eigenvalue weighted by molar-refractivity contribution is -0.160. The Bertz CT molecular complexity index is 1520. The average molecular weight is 441 g/mol. The topological polar surface area (TPSA) is 74.0 Å². The summed E-state index contributed by atoms with van der Waals surface area (Å²) in [4.78, 5) is 14.4. The lowest BCUT2D eigenvalue weighted by Gasteiger charge is -2.47. The lowest BCUT2D eigenvalue weighted by atomic mass is 9.79. The Kier molecular flexibility index (Phi) is 2.44. The van der Waals surface area contributed by atoms with Gasteiger partial charge in [-0.05, 0) is 47.8 Å². The van der Waals surface area contributed by atoms with Crippen LogP contribution in [0.2, 0.25) is 0 Å². The number of methoxy groups -OCH3 is 2. The summed E-state index contributed by atoms with van der Waals surface area (Å²) >= 11 is 0. The fourth-order valence-corrected chi connectivity index (χ4v) is 3.37. The Labute approximate surface area is 211 Å². The van der Waals surface area contributed by atoms with Gasteiger partial charge in [-0.1, -0.05) is 27.4 Å². The first-order valence-corrected chi connectivity index (χ1v) is 8.86.